The Morgan fingerprint density at radius 2 is 1.84 bits per heavy atom. The number of hydrogen-bond donors (Lipinski definition) is 2. The average molecular weight is 290 g/mol. The zero-order valence-corrected chi connectivity index (χ0v) is 12.8. The van der Waals surface area contributed by atoms with Crippen LogP contribution in [0.5, 0.6) is 0 Å². The van der Waals surface area contributed by atoms with E-state index in [4.69, 9.17) is 5.73 Å². The van der Waals surface area contributed by atoms with Gasteiger partial charge in [0.1, 0.15) is 0 Å². The molecule has 0 bridgehead atoms. The fraction of sp³-hybridized carbons (Fsp3) is 0.929. The van der Waals surface area contributed by atoms with Gasteiger partial charge in [-0.3, -0.25) is 9.69 Å². The first-order valence-corrected chi connectivity index (χ1v) is 7.42. The van der Waals surface area contributed by atoms with Crippen LogP contribution in [0.15, 0.2) is 0 Å². The maximum atomic E-state index is 12.0. The lowest BCUT2D eigenvalue weighted by molar-refractivity contribution is -0.123. The molecular weight excluding hydrogens is 262 g/mol. The molecule has 2 unspecified atom stereocenters. The van der Waals surface area contributed by atoms with E-state index in [1.807, 2.05) is 0 Å². The second kappa shape index (κ2) is 8.08. The molecule has 1 saturated carbocycles. The predicted molar refractivity (Wildman–Crippen MR) is 80.5 cm³/mol. The van der Waals surface area contributed by atoms with Gasteiger partial charge in [0, 0.05) is 25.2 Å². The van der Waals surface area contributed by atoms with E-state index in [-0.39, 0.29) is 18.3 Å². The summed E-state index contributed by atoms with van der Waals surface area (Å²) in [4.78, 5) is 14.3. The number of hydrogen-bond acceptors (Lipinski definition) is 3. The quantitative estimate of drug-likeness (QED) is 0.828. The lowest BCUT2D eigenvalue weighted by Crippen LogP contribution is -2.48. The molecule has 1 aliphatic heterocycles. The lowest BCUT2D eigenvalue weighted by atomic mass is 9.86. The molecule has 2 fully saturated rings. The largest absolute Gasteiger partial charge is 0.352 e. The predicted octanol–water partition coefficient (Wildman–Crippen LogP) is 1.53. The number of nitrogens with two attached hydrogens (primary N) is 1. The highest BCUT2D eigenvalue weighted by molar-refractivity contribution is 5.85. The molecule has 1 heterocycles. The maximum Gasteiger partial charge on any atom is 0.234 e. The monoisotopic (exact) mass is 289 g/mol. The summed E-state index contributed by atoms with van der Waals surface area (Å²) in [6, 6.07) is 0.737. The minimum Gasteiger partial charge on any atom is -0.352 e. The molecule has 19 heavy (non-hydrogen) atoms. The number of carbonyl (C=O) groups is 1. The van der Waals surface area contributed by atoms with Gasteiger partial charge < -0.3 is 11.1 Å². The molecule has 1 saturated heterocycles. The lowest BCUT2D eigenvalue weighted by Gasteiger charge is -2.32. The van der Waals surface area contributed by atoms with Crippen LogP contribution in [0.2, 0.25) is 0 Å². The van der Waals surface area contributed by atoms with E-state index in [2.05, 4.69) is 17.1 Å². The smallest absolute Gasteiger partial charge is 0.234 e. The summed E-state index contributed by atoms with van der Waals surface area (Å²) in [5.41, 5.74) is 5.87. The van der Waals surface area contributed by atoms with Gasteiger partial charge in [-0.15, -0.1) is 12.4 Å². The third kappa shape index (κ3) is 5.28. The van der Waals surface area contributed by atoms with Gasteiger partial charge in [0.05, 0.1) is 6.54 Å². The highest BCUT2D eigenvalue weighted by Gasteiger charge is 2.24. The summed E-state index contributed by atoms with van der Waals surface area (Å²) in [6.45, 7) is 4.74. The van der Waals surface area contributed by atoms with Crippen LogP contribution >= 0.6 is 12.4 Å². The Morgan fingerprint density at radius 1 is 1.21 bits per heavy atom. The number of likely N-dealkylation sites (tertiary alicyclic amines) is 1. The molecular formula is C14H28ClN3O. The van der Waals surface area contributed by atoms with Crippen molar-refractivity contribution in [2.75, 3.05) is 19.6 Å². The summed E-state index contributed by atoms with van der Waals surface area (Å²) < 4.78 is 0. The van der Waals surface area contributed by atoms with Crippen LogP contribution in [0.3, 0.4) is 0 Å². The molecule has 112 valence electrons. The van der Waals surface area contributed by atoms with Gasteiger partial charge in [0.25, 0.3) is 0 Å². The van der Waals surface area contributed by atoms with Crippen LogP contribution in [-0.2, 0) is 4.79 Å². The first-order valence-electron chi connectivity index (χ1n) is 7.42. The van der Waals surface area contributed by atoms with E-state index in [0.717, 1.165) is 32.4 Å². The molecule has 2 rings (SSSR count). The Bertz CT molecular complexity index is 280. The third-order valence-electron chi connectivity index (χ3n) is 4.46. The van der Waals surface area contributed by atoms with Gasteiger partial charge in [-0.2, -0.15) is 0 Å². The summed E-state index contributed by atoms with van der Waals surface area (Å²) in [7, 11) is 0. The van der Waals surface area contributed by atoms with Gasteiger partial charge >= 0.3 is 0 Å². The fourth-order valence-electron chi connectivity index (χ4n) is 3.10. The third-order valence-corrected chi connectivity index (χ3v) is 4.46. The van der Waals surface area contributed by atoms with Crippen LogP contribution in [0.25, 0.3) is 0 Å². The van der Waals surface area contributed by atoms with E-state index in [1.54, 1.807) is 0 Å². The van der Waals surface area contributed by atoms with Crippen molar-refractivity contribution < 1.29 is 4.79 Å². The second-order valence-corrected chi connectivity index (χ2v) is 6.05. The number of halogens is 1. The molecule has 2 aliphatic rings. The molecule has 1 aliphatic carbocycles. The zero-order valence-electron chi connectivity index (χ0n) is 11.9. The number of nitrogens with one attached hydrogen (secondary N) is 1. The van der Waals surface area contributed by atoms with Crippen molar-refractivity contribution in [3.63, 3.8) is 0 Å². The summed E-state index contributed by atoms with van der Waals surface area (Å²) in [5, 5.41) is 3.22. The SMILES string of the molecule is CC1CCCCC1NC(=O)CN1CCC(N)CC1.Cl. The van der Waals surface area contributed by atoms with Crippen molar-refractivity contribution in [2.45, 2.75) is 57.5 Å². The standard InChI is InChI=1S/C14H27N3O.ClH/c1-11-4-2-3-5-13(11)16-14(18)10-17-8-6-12(15)7-9-17;/h11-13H,2-10,15H2,1H3,(H,16,18);1H. The van der Waals surface area contributed by atoms with Gasteiger partial charge in [-0.1, -0.05) is 19.8 Å². The Hall–Kier alpha value is -0.320. The normalized spacial score (nSPS) is 29.6. The molecule has 0 aromatic rings. The van der Waals surface area contributed by atoms with E-state index in [1.165, 1.54) is 19.3 Å². The molecule has 0 radical (unpaired) electrons. The van der Waals surface area contributed by atoms with Gasteiger partial charge in [-0.25, -0.2) is 0 Å². The van der Waals surface area contributed by atoms with Crippen molar-refractivity contribution in [1.82, 2.24) is 10.2 Å². The van der Waals surface area contributed by atoms with E-state index < -0.39 is 0 Å². The molecule has 2 atom stereocenters. The number of amides is 1. The molecule has 0 aromatic carbocycles. The van der Waals surface area contributed by atoms with Crippen LogP contribution in [0.4, 0.5) is 0 Å². The van der Waals surface area contributed by atoms with Crippen LogP contribution < -0.4 is 11.1 Å². The van der Waals surface area contributed by atoms with Crippen molar-refractivity contribution >= 4 is 18.3 Å². The fourth-order valence-corrected chi connectivity index (χ4v) is 3.10. The molecule has 5 heteroatoms. The van der Waals surface area contributed by atoms with E-state index in [0.29, 0.717) is 24.5 Å². The zero-order chi connectivity index (χ0) is 13.0. The van der Waals surface area contributed by atoms with Crippen LogP contribution in [-0.4, -0.2) is 42.5 Å². The summed E-state index contributed by atoms with van der Waals surface area (Å²) >= 11 is 0. The minimum absolute atomic E-state index is 0. The number of carbonyl (C=O) groups excluding carboxylic acids is 1. The molecule has 1 amide bonds. The Labute approximate surface area is 122 Å². The molecule has 0 aromatic heterocycles. The van der Waals surface area contributed by atoms with E-state index in [9.17, 15) is 4.79 Å². The van der Waals surface area contributed by atoms with Crippen LogP contribution in [0.1, 0.15) is 45.4 Å². The summed E-state index contributed by atoms with van der Waals surface area (Å²) in [5.74, 6) is 0.835. The Kier molecular flexibility index (Phi) is 7.11. The molecule has 0 spiro atoms. The van der Waals surface area contributed by atoms with Crippen molar-refractivity contribution in [1.29, 1.82) is 0 Å². The molecule has 4 nitrogen and oxygen atoms in total. The first kappa shape index (κ1) is 16.7. The number of piperidine rings is 1. The van der Waals surface area contributed by atoms with E-state index >= 15 is 0 Å². The second-order valence-electron chi connectivity index (χ2n) is 6.05. The highest BCUT2D eigenvalue weighted by Crippen LogP contribution is 2.23. The van der Waals surface area contributed by atoms with Crippen molar-refractivity contribution in [3.05, 3.63) is 0 Å². The highest BCUT2D eigenvalue weighted by atomic mass is 35.5. The Balaban J connectivity index is 0.00000180. The maximum absolute atomic E-state index is 12.0. The van der Waals surface area contributed by atoms with Crippen LogP contribution in [0, 0.1) is 5.92 Å². The molecule has 3 N–H and O–H groups in total. The summed E-state index contributed by atoms with van der Waals surface area (Å²) in [6.07, 6.45) is 7.02. The topological polar surface area (TPSA) is 58.4 Å². The van der Waals surface area contributed by atoms with Gasteiger partial charge in [-0.05, 0) is 31.6 Å². The number of rotatable bonds is 3. The van der Waals surface area contributed by atoms with Gasteiger partial charge in [0.15, 0.2) is 0 Å². The van der Waals surface area contributed by atoms with Crippen molar-refractivity contribution in [2.24, 2.45) is 11.7 Å². The average Bonchev–Trinajstić information content (AvgIpc) is 2.35. The van der Waals surface area contributed by atoms with Crippen molar-refractivity contribution in [3.8, 4) is 0 Å². The Morgan fingerprint density at radius 3 is 2.47 bits per heavy atom. The van der Waals surface area contributed by atoms with Gasteiger partial charge in [0.2, 0.25) is 5.91 Å². The number of nitrogens with zero attached hydrogens (tertiary/aromatic N) is 1. The first-order chi connectivity index (χ1) is 8.65. The minimum atomic E-state index is 0.